The second-order valence-corrected chi connectivity index (χ2v) is 4.54. The highest BCUT2D eigenvalue weighted by atomic mass is 16.5. The van der Waals surface area contributed by atoms with E-state index >= 15 is 0 Å². The van der Waals surface area contributed by atoms with E-state index in [1.165, 1.54) is 0 Å². The van der Waals surface area contributed by atoms with Crippen LogP contribution in [-0.2, 0) is 4.79 Å². The molecular weight excluding hydrogens is 256 g/mol. The van der Waals surface area contributed by atoms with Crippen LogP contribution in [0.5, 0.6) is 5.75 Å². The van der Waals surface area contributed by atoms with Crippen molar-refractivity contribution >= 4 is 22.6 Å². The Hall–Kier alpha value is -2.30. The highest BCUT2D eigenvalue weighted by Gasteiger charge is 2.15. The molecule has 1 aromatic carbocycles. The lowest BCUT2D eigenvalue weighted by molar-refractivity contribution is -0.141. The molecule has 5 nitrogen and oxygen atoms in total. The van der Waals surface area contributed by atoms with Crippen LogP contribution in [0.25, 0.3) is 10.8 Å². The van der Waals surface area contributed by atoms with Crippen LogP contribution >= 0.6 is 0 Å². The number of methoxy groups -OCH3 is 1. The molecule has 0 radical (unpaired) electrons. The average molecular weight is 274 g/mol. The van der Waals surface area contributed by atoms with E-state index in [2.05, 4.69) is 10.3 Å². The zero-order chi connectivity index (χ0) is 14.5. The number of nitrogens with one attached hydrogen (secondary N) is 1. The maximum absolute atomic E-state index is 11.0. The van der Waals surface area contributed by atoms with Crippen molar-refractivity contribution in [3.05, 3.63) is 30.5 Å². The number of carbonyl (C=O) groups is 1. The summed E-state index contributed by atoms with van der Waals surface area (Å²) in [6.07, 6.45) is 2.27. The van der Waals surface area contributed by atoms with E-state index in [0.717, 1.165) is 16.5 Å². The average Bonchev–Trinajstić information content (AvgIpc) is 2.47. The van der Waals surface area contributed by atoms with Crippen LogP contribution in [0, 0.1) is 5.92 Å². The number of hydrogen-bond donors (Lipinski definition) is 2. The first-order chi connectivity index (χ1) is 9.67. The zero-order valence-electron chi connectivity index (χ0n) is 11.6. The van der Waals surface area contributed by atoms with Crippen LogP contribution in [0.2, 0.25) is 0 Å². The first-order valence-corrected chi connectivity index (χ1v) is 6.55. The molecule has 0 saturated carbocycles. The lowest BCUT2D eigenvalue weighted by Crippen LogP contribution is -2.22. The number of carboxylic acids is 1. The number of nitrogens with zero attached hydrogens (tertiary/aromatic N) is 1. The minimum atomic E-state index is -0.794. The minimum Gasteiger partial charge on any atom is -0.496 e. The molecule has 106 valence electrons. The van der Waals surface area contributed by atoms with Crippen LogP contribution in [0.3, 0.4) is 0 Å². The first kappa shape index (κ1) is 14.1. The van der Waals surface area contributed by atoms with Gasteiger partial charge in [0.05, 0.1) is 13.0 Å². The van der Waals surface area contributed by atoms with Gasteiger partial charge < -0.3 is 15.2 Å². The molecule has 20 heavy (non-hydrogen) atoms. The van der Waals surface area contributed by atoms with Crippen molar-refractivity contribution in [3.8, 4) is 5.75 Å². The van der Waals surface area contributed by atoms with Crippen LogP contribution in [0.4, 0.5) is 5.82 Å². The van der Waals surface area contributed by atoms with Crippen LogP contribution in [0.1, 0.15) is 13.3 Å². The molecule has 0 aliphatic carbocycles. The third-order valence-electron chi connectivity index (χ3n) is 3.34. The Kier molecular flexibility index (Phi) is 4.40. The number of anilines is 1. The lowest BCUT2D eigenvalue weighted by atomic mass is 10.1. The number of pyridine rings is 1. The summed E-state index contributed by atoms with van der Waals surface area (Å²) in [7, 11) is 1.62. The summed E-state index contributed by atoms with van der Waals surface area (Å²) in [5.41, 5.74) is 0. The summed E-state index contributed by atoms with van der Waals surface area (Å²) in [6.45, 7) is 2.22. The molecule has 2 N–H and O–H groups in total. The Balaban J connectivity index is 2.29. The van der Waals surface area contributed by atoms with Gasteiger partial charge in [-0.1, -0.05) is 19.1 Å². The van der Waals surface area contributed by atoms with Gasteiger partial charge in [0.25, 0.3) is 0 Å². The monoisotopic (exact) mass is 274 g/mol. The molecule has 2 aromatic rings. The molecule has 1 heterocycles. The molecule has 0 fully saturated rings. The minimum absolute atomic E-state index is 0.356. The second-order valence-electron chi connectivity index (χ2n) is 4.54. The third kappa shape index (κ3) is 2.82. The van der Waals surface area contributed by atoms with E-state index in [-0.39, 0.29) is 0 Å². The van der Waals surface area contributed by atoms with Gasteiger partial charge >= 0.3 is 5.97 Å². The number of carboxylic acid groups (broad SMARTS) is 1. The number of benzene rings is 1. The summed E-state index contributed by atoms with van der Waals surface area (Å²) in [6, 6.07) is 7.60. The standard InChI is InChI=1S/C15H18N2O3/c1-3-10(15(18)19)9-17-14-12-5-4-6-13(20-2)11(12)7-8-16-14/h4-8,10H,3,9H2,1-2H3,(H,16,17)(H,18,19). The number of hydrogen-bond acceptors (Lipinski definition) is 4. The predicted molar refractivity (Wildman–Crippen MR) is 78.2 cm³/mol. The molecule has 1 unspecified atom stereocenters. The summed E-state index contributed by atoms with van der Waals surface area (Å²) >= 11 is 0. The molecule has 0 bridgehead atoms. The van der Waals surface area contributed by atoms with Gasteiger partial charge in [-0.25, -0.2) is 4.98 Å². The largest absolute Gasteiger partial charge is 0.496 e. The van der Waals surface area contributed by atoms with Gasteiger partial charge in [0.15, 0.2) is 0 Å². The van der Waals surface area contributed by atoms with E-state index in [1.54, 1.807) is 13.3 Å². The topological polar surface area (TPSA) is 71.5 Å². The molecule has 0 aliphatic rings. The summed E-state index contributed by atoms with van der Waals surface area (Å²) in [5.74, 6) is 0.245. The van der Waals surface area contributed by atoms with Crippen LogP contribution in [0.15, 0.2) is 30.5 Å². The van der Waals surface area contributed by atoms with E-state index in [9.17, 15) is 4.79 Å². The number of aliphatic carboxylic acids is 1. The number of ether oxygens (including phenoxy) is 1. The van der Waals surface area contributed by atoms with Crippen molar-refractivity contribution in [3.63, 3.8) is 0 Å². The van der Waals surface area contributed by atoms with Gasteiger partial charge in [0.1, 0.15) is 11.6 Å². The number of aromatic nitrogens is 1. The molecule has 0 amide bonds. The maximum atomic E-state index is 11.0. The number of rotatable bonds is 6. The lowest BCUT2D eigenvalue weighted by Gasteiger charge is -2.14. The Morgan fingerprint density at radius 2 is 2.20 bits per heavy atom. The predicted octanol–water partition coefficient (Wildman–Crippen LogP) is 2.77. The zero-order valence-corrected chi connectivity index (χ0v) is 11.6. The Labute approximate surface area is 117 Å². The SMILES string of the molecule is CCC(CNc1nccc2c(OC)cccc12)C(=O)O. The Bertz CT molecular complexity index is 613. The quantitative estimate of drug-likeness (QED) is 0.847. The van der Waals surface area contributed by atoms with Crippen molar-refractivity contribution < 1.29 is 14.6 Å². The van der Waals surface area contributed by atoms with Gasteiger partial charge in [-0.15, -0.1) is 0 Å². The van der Waals surface area contributed by atoms with E-state index in [0.29, 0.717) is 18.8 Å². The van der Waals surface area contributed by atoms with Crippen molar-refractivity contribution in [2.45, 2.75) is 13.3 Å². The van der Waals surface area contributed by atoms with Crippen molar-refractivity contribution in [1.82, 2.24) is 4.98 Å². The van der Waals surface area contributed by atoms with Gasteiger partial charge in [0.2, 0.25) is 0 Å². The van der Waals surface area contributed by atoms with Crippen molar-refractivity contribution in [2.24, 2.45) is 5.92 Å². The number of fused-ring (bicyclic) bond motifs is 1. The fraction of sp³-hybridized carbons (Fsp3) is 0.333. The normalized spacial score (nSPS) is 12.1. The van der Waals surface area contributed by atoms with Crippen molar-refractivity contribution in [1.29, 1.82) is 0 Å². The molecule has 0 saturated heterocycles. The molecule has 2 rings (SSSR count). The molecule has 5 heteroatoms. The van der Waals surface area contributed by atoms with Gasteiger partial charge in [-0.2, -0.15) is 0 Å². The van der Waals surface area contributed by atoms with Crippen LogP contribution < -0.4 is 10.1 Å². The fourth-order valence-electron chi connectivity index (χ4n) is 2.12. The molecule has 0 aliphatic heterocycles. The summed E-state index contributed by atoms with van der Waals surface area (Å²) in [5, 5.41) is 14.1. The summed E-state index contributed by atoms with van der Waals surface area (Å²) in [4.78, 5) is 15.3. The van der Waals surface area contributed by atoms with E-state index in [4.69, 9.17) is 9.84 Å². The second kappa shape index (κ2) is 6.23. The molecular formula is C15H18N2O3. The van der Waals surface area contributed by atoms with E-state index < -0.39 is 11.9 Å². The van der Waals surface area contributed by atoms with Crippen LogP contribution in [-0.4, -0.2) is 29.7 Å². The van der Waals surface area contributed by atoms with E-state index in [1.807, 2.05) is 31.2 Å². The Morgan fingerprint density at radius 1 is 1.40 bits per heavy atom. The fourth-order valence-corrected chi connectivity index (χ4v) is 2.12. The van der Waals surface area contributed by atoms with Crippen molar-refractivity contribution in [2.75, 3.05) is 19.0 Å². The highest BCUT2D eigenvalue weighted by Crippen LogP contribution is 2.29. The molecule has 0 spiro atoms. The first-order valence-electron chi connectivity index (χ1n) is 6.55. The molecule has 1 aromatic heterocycles. The van der Waals surface area contributed by atoms with Gasteiger partial charge in [0, 0.05) is 23.5 Å². The van der Waals surface area contributed by atoms with Gasteiger partial charge in [-0.3, -0.25) is 4.79 Å². The van der Waals surface area contributed by atoms with Gasteiger partial charge in [-0.05, 0) is 18.6 Å². The third-order valence-corrected chi connectivity index (χ3v) is 3.34. The smallest absolute Gasteiger partial charge is 0.308 e. The summed E-state index contributed by atoms with van der Waals surface area (Å²) < 4.78 is 5.32. The highest BCUT2D eigenvalue weighted by molar-refractivity contribution is 5.95. The molecule has 1 atom stereocenters. The Morgan fingerprint density at radius 3 is 2.85 bits per heavy atom. The maximum Gasteiger partial charge on any atom is 0.308 e.